The summed E-state index contributed by atoms with van der Waals surface area (Å²) in [5.74, 6) is 1.06. The molecule has 0 bridgehead atoms. The van der Waals surface area contributed by atoms with Crippen molar-refractivity contribution in [2.75, 3.05) is 5.32 Å². The quantitative estimate of drug-likeness (QED) is 0.911. The number of nitrogens with one attached hydrogen (secondary N) is 1. The summed E-state index contributed by atoms with van der Waals surface area (Å²) in [5, 5.41) is 3.96. The van der Waals surface area contributed by atoms with E-state index in [0.29, 0.717) is 17.9 Å². The maximum absolute atomic E-state index is 11.9. The van der Waals surface area contributed by atoms with Crippen molar-refractivity contribution in [3.8, 4) is 0 Å². The van der Waals surface area contributed by atoms with Gasteiger partial charge in [0.25, 0.3) is 0 Å². The minimum atomic E-state index is 0.0149. The topological polar surface area (TPSA) is 42.2 Å². The fraction of sp³-hybridized carbons (Fsp3) is 0.188. The van der Waals surface area contributed by atoms with E-state index < -0.39 is 0 Å². The molecule has 1 aliphatic carbocycles. The first kappa shape index (κ1) is 13.0. The van der Waals surface area contributed by atoms with Crippen LogP contribution in [0.15, 0.2) is 58.9 Å². The molecule has 0 spiro atoms. The van der Waals surface area contributed by atoms with E-state index in [0.717, 1.165) is 17.1 Å². The Kier molecular flexibility index (Phi) is 3.61. The van der Waals surface area contributed by atoms with Crippen LogP contribution in [0.3, 0.4) is 0 Å². The Balaban J connectivity index is 1.80. The first-order chi connectivity index (χ1) is 9.70. The zero-order chi connectivity index (χ0) is 13.9. The number of furan rings is 1. The van der Waals surface area contributed by atoms with Gasteiger partial charge in [-0.15, -0.1) is 0 Å². The molecule has 0 aliphatic heterocycles. The first-order valence-corrected chi connectivity index (χ1v) is 6.87. The van der Waals surface area contributed by atoms with Crippen molar-refractivity contribution < 1.29 is 9.21 Å². The summed E-state index contributed by atoms with van der Waals surface area (Å²) < 4.78 is 5.39. The van der Waals surface area contributed by atoms with E-state index in [9.17, 15) is 4.79 Å². The first-order valence-electron chi connectivity index (χ1n) is 6.49. The summed E-state index contributed by atoms with van der Waals surface area (Å²) >= 11 is 5.86. The van der Waals surface area contributed by atoms with Gasteiger partial charge in [0.1, 0.15) is 11.5 Å². The third-order valence-electron chi connectivity index (χ3n) is 3.30. The number of carbonyl (C=O) groups is 1. The van der Waals surface area contributed by atoms with Crippen LogP contribution < -0.4 is 5.32 Å². The highest BCUT2D eigenvalue weighted by Gasteiger charge is 2.23. The molecule has 3 rings (SSSR count). The second-order valence-corrected chi connectivity index (χ2v) is 5.30. The number of rotatable bonds is 3. The molecule has 0 saturated heterocycles. The van der Waals surface area contributed by atoms with Gasteiger partial charge in [0.2, 0.25) is 0 Å². The molecule has 1 aliphatic rings. The van der Waals surface area contributed by atoms with E-state index in [1.807, 2.05) is 36.4 Å². The lowest BCUT2D eigenvalue weighted by Crippen LogP contribution is -2.16. The van der Waals surface area contributed by atoms with E-state index in [1.165, 1.54) is 0 Å². The summed E-state index contributed by atoms with van der Waals surface area (Å²) in [6.45, 7) is 0. The van der Waals surface area contributed by atoms with Crippen LogP contribution in [-0.2, 0) is 4.79 Å². The number of anilines is 1. The zero-order valence-electron chi connectivity index (χ0n) is 10.8. The third-order valence-corrected chi connectivity index (χ3v) is 3.55. The largest absolute Gasteiger partial charge is 0.469 e. The molecule has 1 atom stereocenters. The minimum absolute atomic E-state index is 0.0149. The molecule has 0 radical (unpaired) electrons. The van der Waals surface area contributed by atoms with E-state index >= 15 is 0 Å². The molecule has 0 amide bonds. The third kappa shape index (κ3) is 2.94. The molecule has 1 aromatic carbocycles. The molecule has 2 aromatic rings. The van der Waals surface area contributed by atoms with Gasteiger partial charge in [0, 0.05) is 35.2 Å². The van der Waals surface area contributed by atoms with Crippen LogP contribution in [0.4, 0.5) is 5.69 Å². The average molecular weight is 288 g/mol. The van der Waals surface area contributed by atoms with Gasteiger partial charge in [0.15, 0.2) is 0 Å². The Morgan fingerprint density at radius 2 is 2.00 bits per heavy atom. The second-order valence-electron chi connectivity index (χ2n) is 4.87. The molecule has 1 heterocycles. The van der Waals surface area contributed by atoms with Crippen LogP contribution in [0.2, 0.25) is 5.02 Å². The van der Waals surface area contributed by atoms with Crippen molar-refractivity contribution in [3.05, 3.63) is 65.2 Å². The molecular formula is C16H14ClNO2. The number of ketones is 1. The highest BCUT2D eigenvalue weighted by molar-refractivity contribution is 6.30. The summed E-state index contributed by atoms with van der Waals surface area (Å²) in [6, 6.07) is 11.2. The van der Waals surface area contributed by atoms with Crippen molar-refractivity contribution >= 4 is 23.1 Å². The average Bonchev–Trinajstić information content (AvgIpc) is 2.95. The maximum atomic E-state index is 11.9. The summed E-state index contributed by atoms with van der Waals surface area (Å²) in [5.41, 5.74) is 1.83. The van der Waals surface area contributed by atoms with Crippen LogP contribution >= 0.6 is 11.6 Å². The lowest BCUT2D eigenvalue weighted by Gasteiger charge is -2.20. The SMILES string of the molecule is O=C1CC(Nc2ccc(Cl)cc2)=CC(c2ccco2)C1. The number of hydrogen-bond acceptors (Lipinski definition) is 3. The zero-order valence-corrected chi connectivity index (χ0v) is 11.6. The monoisotopic (exact) mass is 287 g/mol. The Bertz CT molecular complexity index is 629. The molecule has 0 fully saturated rings. The normalized spacial score (nSPS) is 18.8. The summed E-state index contributed by atoms with van der Waals surface area (Å²) in [6.07, 6.45) is 4.63. The second kappa shape index (κ2) is 5.55. The van der Waals surface area contributed by atoms with Gasteiger partial charge >= 0.3 is 0 Å². The van der Waals surface area contributed by atoms with Gasteiger partial charge in [0.05, 0.1) is 6.26 Å². The van der Waals surface area contributed by atoms with Crippen LogP contribution in [0.1, 0.15) is 24.5 Å². The maximum Gasteiger partial charge on any atom is 0.139 e. The minimum Gasteiger partial charge on any atom is -0.469 e. The van der Waals surface area contributed by atoms with Crippen molar-refractivity contribution in [1.82, 2.24) is 0 Å². The molecule has 0 saturated carbocycles. The van der Waals surface area contributed by atoms with E-state index in [1.54, 1.807) is 6.26 Å². The van der Waals surface area contributed by atoms with Gasteiger partial charge < -0.3 is 9.73 Å². The molecule has 1 aromatic heterocycles. The molecular weight excluding hydrogens is 274 g/mol. The number of carbonyl (C=O) groups excluding carboxylic acids is 1. The van der Waals surface area contributed by atoms with Crippen LogP contribution in [0, 0.1) is 0 Å². The van der Waals surface area contributed by atoms with E-state index in [2.05, 4.69) is 11.4 Å². The number of hydrogen-bond donors (Lipinski definition) is 1. The highest BCUT2D eigenvalue weighted by atomic mass is 35.5. The predicted molar refractivity (Wildman–Crippen MR) is 78.8 cm³/mol. The van der Waals surface area contributed by atoms with E-state index in [-0.39, 0.29) is 11.7 Å². The summed E-state index contributed by atoms with van der Waals surface area (Å²) in [4.78, 5) is 11.9. The van der Waals surface area contributed by atoms with Crippen molar-refractivity contribution in [1.29, 1.82) is 0 Å². The number of benzene rings is 1. The predicted octanol–water partition coefficient (Wildman–Crippen LogP) is 4.38. The van der Waals surface area contributed by atoms with Gasteiger partial charge in [-0.3, -0.25) is 4.79 Å². The van der Waals surface area contributed by atoms with Crippen molar-refractivity contribution in [2.24, 2.45) is 0 Å². The fourth-order valence-corrected chi connectivity index (χ4v) is 2.51. The van der Waals surface area contributed by atoms with Gasteiger partial charge in [-0.05, 0) is 36.4 Å². The lowest BCUT2D eigenvalue weighted by atomic mass is 9.90. The van der Waals surface area contributed by atoms with Crippen molar-refractivity contribution in [3.63, 3.8) is 0 Å². The van der Waals surface area contributed by atoms with Crippen LogP contribution in [-0.4, -0.2) is 5.78 Å². The summed E-state index contributed by atoms with van der Waals surface area (Å²) in [7, 11) is 0. The number of allylic oxidation sites excluding steroid dienone is 2. The Labute approximate surface area is 122 Å². The van der Waals surface area contributed by atoms with Gasteiger partial charge in [-0.25, -0.2) is 0 Å². The fourth-order valence-electron chi connectivity index (χ4n) is 2.38. The Hall–Kier alpha value is -2.00. The molecule has 3 nitrogen and oxygen atoms in total. The standard InChI is InChI=1S/C16H14ClNO2/c17-12-3-5-13(6-4-12)18-14-8-11(9-15(19)10-14)16-2-1-7-20-16/h1-8,11,18H,9-10H2. The molecule has 4 heteroatoms. The van der Waals surface area contributed by atoms with Crippen molar-refractivity contribution in [2.45, 2.75) is 18.8 Å². The number of Topliss-reactive ketones (excluding diaryl/α,β-unsaturated/α-hetero) is 1. The van der Waals surface area contributed by atoms with Gasteiger partial charge in [-0.1, -0.05) is 17.7 Å². The van der Waals surface area contributed by atoms with Gasteiger partial charge in [-0.2, -0.15) is 0 Å². The highest BCUT2D eigenvalue weighted by Crippen LogP contribution is 2.30. The lowest BCUT2D eigenvalue weighted by molar-refractivity contribution is -0.119. The Morgan fingerprint density at radius 3 is 2.70 bits per heavy atom. The van der Waals surface area contributed by atoms with Crippen LogP contribution in [0.5, 0.6) is 0 Å². The molecule has 1 N–H and O–H groups in total. The smallest absolute Gasteiger partial charge is 0.139 e. The van der Waals surface area contributed by atoms with Crippen LogP contribution in [0.25, 0.3) is 0 Å². The molecule has 20 heavy (non-hydrogen) atoms. The molecule has 1 unspecified atom stereocenters. The number of halogens is 1. The molecule has 102 valence electrons. The Morgan fingerprint density at radius 1 is 1.20 bits per heavy atom. The van der Waals surface area contributed by atoms with E-state index in [4.69, 9.17) is 16.0 Å².